The molecule has 1 N–H and O–H groups in total. The fraction of sp³-hybridized carbons (Fsp3) is 0.600. The molecule has 164 valence electrons. The Balaban J connectivity index is 1.43. The monoisotopic (exact) mass is 450 g/mol. The molecule has 2 aromatic heterocycles. The van der Waals surface area contributed by atoms with Crippen molar-refractivity contribution in [2.24, 2.45) is 0 Å². The number of hydrogen-bond donors (Lipinski definition) is 1. The highest BCUT2D eigenvalue weighted by Gasteiger charge is 2.25. The number of thiophene rings is 1. The van der Waals surface area contributed by atoms with Gasteiger partial charge in [-0.15, -0.1) is 21.5 Å². The van der Waals surface area contributed by atoms with Gasteiger partial charge in [-0.2, -0.15) is 0 Å². The summed E-state index contributed by atoms with van der Waals surface area (Å²) in [5.74, 6) is 0.0475. The van der Waals surface area contributed by atoms with Crippen molar-refractivity contribution in [1.82, 2.24) is 20.4 Å². The molecule has 0 aliphatic carbocycles. The van der Waals surface area contributed by atoms with E-state index in [1.54, 1.807) is 21.1 Å². The molecule has 2 amide bonds. The van der Waals surface area contributed by atoms with E-state index >= 15 is 0 Å². The number of anilines is 2. The molecule has 0 radical (unpaired) electrons. The van der Waals surface area contributed by atoms with Crippen LogP contribution in [0.15, 0.2) is 17.5 Å². The van der Waals surface area contributed by atoms with Crippen LogP contribution in [0.5, 0.6) is 0 Å². The predicted molar refractivity (Wildman–Crippen MR) is 122 cm³/mol. The topological polar surface area (TPSA) is 81.7 Å². The van der Waals surface area contributed by atoms with Gasteiger partial charge in [-0.25, -0.2) is 0 Å². The maximum atomic E-state index is 12.4. The Bertz CT molecular complexity index is 810. The second-order valence-corrected chi connectivity index (χ2v) is 9.40. The summed E-state index contributed by atoms with van der Waals surface area (Å²) in [5, 5.41) is 14.6. The second kappa shape index (κ2) is 11.4. The van der Waals surface area contributed by atoms with Gasteiger partial charge in [0.25, 0.3) is 0 Å². The van der Waals surface area contributed by atoms with Crippen LogP contribution in [0.3, 0.4) is 0 Å². The van der Waals surface area contributed by atoms with Gasteiger partial charge in [0.2, 0.25) is 22.1 Å². The number of nitrogens with zero attached hydrogens (tertiary/aromatic N) is 5. The number of amides is 2. The number of aromatic nitrogens is 2. The van der Waals surface area contributed by atoms with E-state index in [-0.39, 0.29) is 18.4 Å². The fourth-order valence-electron chi connectivity index (χ4n) is 3.29. The first kappa shape index (κ1) is 22.6. The molecule has 2 aromatic rings. The number of carbonyl (C=O) groups is 2. The third-order valence-corrected chi connectivity index (χ3v) is 6.87. The van der Waals surface area contributed by atoms with E-state index in [0.717, 1.165) is 38.9 Å². The Morgan fingerprint density at radius 3 is 2.90 bits per heavy atom. The van der Waals surface area contributed by atoms with Crippen molar-refractivity contribution >= 4 is 44.8 Å². The van der Waals surface area contributed by atoms with Gasteiger partial charge < -0.3 is 10.2 Å². The van der Waals surface area contributed by atoms with Gasteiger partial charge in [0.05, 0.1) is 6.54 Å². The quantitative estimate of drug-likeness (QED) is 0.535. The van der Waals surface area contributed by atoms with Crippen molar-refractivity contribution in [3.63, 3.8) is 0 Å². The Labute approximate surface area is 185 Å². The molecule has 8 nitrogen and oxygen atoms in total. The van der Waals surface area contributed by atoms with E-state index < -0.39 is 0 Å². The molecule has 1 aliphatic heterocycles. The molecule has 10 heteroatoms. The lowest BCUT2D eigenvalue weighted by Crippen LogP contribution is -2.39. The zero-order chi connectivity index (χ0) is 21.3. The van der Waals surface area contributed by atoms with Crippen LogP contribution < -0.4 is 15.1 Å². The van der Waals surface area contributed by atoms with Gasteiger partial charge in [-0.1, -0.05) is 30.7 Å². The largest absolute Gasteiger partial charge is 0.353 e. The molecule has 0 bridgehead atoms. The van der Waals surface area contributed by atoms with E-state index in [9.17, 15) is 9.59 Å². The Morgan fingerprint density at radius 1 is 1.33 bits per heavy atom. The number of nitrogens with one attached hydrogen (secondary N) is 1. The van der Waals surface area contributed by atoms with Gasteiger partial charge in [-0.3, -0.25) is 19.4 Å². The first-order valence-corrected chi connectivity index (χ1v) is 12.1. The minimum absolute atomic E-state index is 0.0435. The molecule has 0 atom stereocenters. The minimum Gasteiger partial charge on any atom is -0.353 e. The smallest absolute Gasteiger partial charge is 0.239 e. The van der Waals surface area contributed by atoms with E-state index in [1.165, 1.54) is 16.2 Å². The van der Waals surface area contributed by atoms with Gasteiger partial charge >= 0.3 is 0 Å². The van der Waals surface area contributed by atoms with E-state index in [2.05, 4.69) is 44.9 Å². The first-order chi connectivity index (χ1) is 14.6. The zero-order valence-corrected chi connectivity index (χ0v) is 19.3. The molecule has 1 aliphatic rings. The standard InChI is InChI=1S/C20H30N6O2S2/c1-3-4-10-25(14-16-7-6-13-29-16)12-9-21-17(27)15-24(2)19-22-23-20(30-19)26-11-5-8-18(26)28/h6-7,13H,3-5,8-12,14-15H2,1-2H3,(H,21,27). The summed E-state index contributed by atoms with van der Waals surface area (Å²) >= 11 is 3.12. The predicted octanol–water partition coefficient (Wildman–Crippen LogP) is 2.58. The normalized spacial score (nSPS) is 14.0. The van der Waals surface area contributed by atoms with Crippen LogP contribution in [0.2, 0.25) is 0 Å². The SMILES string of the molecule is CCCCN(CCNC(=O)CN(C)c1nnc(N2CCCC2=O)s1)Cc1cccs1. The molecule has 3 rings (SSSR count). The number of hydrogen-bond acceptors (Lipinski definition) is 8. The van der Waals surface area contributed by atoms with Crippen LogP contribution in [0.1, 0.15) is 37.5 Å². The highest BCUT2D eigenvalue weighted by atomic mass is 32.1. The van der Waals surface area contributed by atoms with Gasteiger partial charge in [0.1, 0.15) is 0 Å². The zero-order valence-electron chi connectivity index (χ0n) is 17.7. The van der Waals surface area contributed by atoms with Crippen molar-refractivity contribution in [3.8, 4) is 0 Å². The molecular formula is C20H30N6O2S2. The van der Waals surface area contributed by atoms with Crippen LogP contribution >= 0.6 is 22.7 Å². The molecule has 3 heterocycles. The molecule has 1 fully saturated rings. The van der Waals surface area contributed by atoms with Crippen LogP contribution in [0, 0.1) is 0 Å². The molecular weight excluding hydrogens is 420 g/mol. The fourth-order valence-corrected chi connectivity index (χ4v) is 4.89. The lowest BCUT2D eigenvalue weighted by atomic mass is 10.3. The van der Waals surface area contributed by atoms with Crippen LogP contribution in [-0.4, -0.2) is 66.7 Å². The van der Waals surface area contributed by atoms with Crippen molar-refractivity contribution in [2.75, 3.05) is 49.6 Å². The van der Waals surface area contributed by atoms with E-state index in [0.29, 0.717) is 29.8 Å². The minimum atomic E-state index is -0.0435. The molecule has 30 heavy (non-hydrogen) atoms. The average Bonchev–Trinajstić information content (AvgIpc) is 3.47. The number of likely N-dealkylation sites (N-methyl/N-ethyl adjacent to an activating group) is 1. The highest BCUT2D eigenvalue weighted by molar-refractivity contribution is 7.19. The molecule has 0 aromatic carbocycles. The van der Waals surface area contributed by atoms with E-state index in [4.69, 9.17) is 0 Å². The molecule has 1 saturated heterocycles. The van der Waals surface area contributed by atoms with Gasteiger partial charge in [0.15, 0.2) is 0 Å². The number of unbranched alkanes of at least 4 members (excludes halogenated alkanes) is 1. The summed E-state index contributed by atoms with van der Waals surface area (Å²) in [4.78, 5) is 31.4. The Hall–Kier alpha value is -2.04. The maximum absolute atomic E-state index is 12.4. The summed E-state index contributed by atoms with van der Waals surface area (Å²) in [6.45, 7) is 6.50. The average molecular weight is 451 g/mol. The van der Waals surface area contributed by atoms with Crippen LogP contribution in [0.4, 0.5) is 10.3 Å². The maximum Gasteiger partial charge on any atom is 0.239 e. The van der Waals surface area contributed by atoms with Crippen molar-refractivity contribution in [2.45, 2.75) is 39.2 Å². The van der Waals surface area contributed by atoms with E-state index in [1.807, 2.05) is 7.05 Å². The Morgan fingerprint density at radius 2 is 2.20 bits per heavy atom. The van der Waals surface area contributed by atoms with Gasteiger partial charge in [-0.05, 0) is 30.8 Å². The third-order valence-electron chi connectivity index (χ3n) is 4.95. The molecule has 0 unspecified atom stereocenters. The van der Waals surface area contributed by atoms with Crippen molar-refractivity contribution in [1.29, 1.82) is 0 Å². The number of rotatable bonds is 12. The Kier molecular flexibility index (Phi) is 8.59. The lowest BCUT2D eigenvalue weighted by Gasteiger charge is -2.22. The summed E-state index contributed by atoms with van der Waals surface area (Å²) in [6, 6.07) is 4.23. The number of carbonyl (C=O) groups excluding carboxylic acids is 2. The molecule has 0 spiro atoms. The summed E-state index contributed by atoms with van der Waals surface area (Å²) in [7, 11) is 1.82. The summed E-state index contributed by atoms with van der Waals surface area (Å²) in [6.07, 6.45) is 3.73. The van der Waals surface area contributed by atoms with Crippen LogP contribution in [-0.2, 0) is 16.1 Å². The summed E-state index contributed by atoms with van der Waals surface area (Å²) in [5.41, 5.74) is 0. The highest BCUT2D eigenvalue weighted by Crippen LogP contribution is 2.29. The first-order valence-electron chi connectivity index (χ1n) is 10.4. The van der Waals surface area contributed by atoms with Gasteiger partial charge in [0, 0.05) is 44.5 Å². The summed E-state index contributed by atoms with van der Waals surface area (Å²) < 4.78 is 0. The van der Waals surface area contributed by atoms with Crippen LogP contribution in [0.25, 0.3) is 0 Å². The lowest BCUT2D eigenvalue weighted by molar-refractivity contribution is -0.120. The second-order valence-electron chi connectivity index (χ2n) is 7.43. The van der Waals surface area contributed by atoms with Crippen molar-refractivity contribution in [3.05, 3.63) is 22.4 Å². The third kappa shape index (κ3) is 6.48. The van der Waals surface area contributed by atoms with Crippen molar-refractivity contribution < 1.29 is 9.59 Å². The molecule has 0 saturated carbocycles.